The van der Waals surface area contributed by atoms with E-state index in [4.69, 9.17) is 4.74 Å². The Morgan fingerprint density at radius 2 is 1.87 bits per heavy atom. The van der Waals surface area contributed by atoms with E-state index in [-0.39, 0.29) is 5.91 Å². The van der Waals surface area contributed by atoms with Crippen molar-refractivity contribution in [3.8, 4) is 5.75 Å². The molecule has 124 valence electrons. The Balaban J connectivity index is 1.81. The number of likely N-dealkylation sites (N-methyl/N-ethyl adjacent to an activating group) is 2. The molecule has 1 amide bonds. The van der Waals surface area contributed by atoms with Crippen LogP contribution in [0.2, 0.25) is 0 Å². The molecule has 4 nitrogen and oxygen atoms in total. The summed E-state index contributed by atoms with van der Waals surface area (Å²) in [7, 11) is 3.82. The molecule has 0 saturated carbocycles. The maximum atomic E-state index is 12.3. The third-order valence-corrected chi connectivity index (χ3v) is 4.35. The fourth-order valence-corrected chi connectivity index (χ4v) is 3.06. The molecule has 2 aromatic rings. The highest BCUT2D eigenvalue weighted by molar-refractivity contribution is 7.09. The van der Waals surface area contributed by atoms with Crippen molar-refractivity contribution >= 4 is 17.2 Å². The predicted molar refractivity (Wildman–Crippen MR) is 94.7 cm³/mol. The lowest BCUT2D eigenvalue weighted by Gasteiger charge is -2.21. The van der Waals surface area contributed by atoms with Crippen LogP contribution >= 0.6 is 11.3 Å². The zero-order valence-electron chi connectivity index (χ0n) is 14.0. The van der Waals surface area contributed by atoms with Crippen LogP contribution < -0.4 is 4.74 Å². The lowest BCUT2D eigenvalue weighted by atomic mass is 10.2. The normalized spacial score (nSPS) is 10.8. The zero-order valence-corrected chi connectivity index (χ0v) is 14.8. The van der Waals surface area contributed by atoms with Crippen molar-refractivity contribution in [3.05, 3.63) is 52.2 Å². The molecule has 0 aliphatic rings. The van der Waals surface area contributed by atoms with Gasteiger partial charge in [-0.1, -0.05) is 18.2 Å². The maximum absolute atomic E-state index is 12.3. The Labute approximate surface area is 142 Å². The highest BCUT2D eigenvalue weighted by Gasteiger charge is 2.12. The summed E-state index contributed by atoms with van der Waals surface area (Å²) in [4.78, 5) is 17.3. The first-order valence-electron chi connectivity index (χ1n) is 7.75. The summed E-state index contributed by atoms with van der Waals surface area (Å²) in [5, 5.41) is 2.03. The average molecular weight is 332 g/mol. The second kappa shape index (κ2) is 8.70. The van der Waals surface area contributed by atoms with Crippen LogP contribution in [-0.2, 0) is 17.9 Å². The van der Waals surface area contributed by atoms with Crippen molar-refractivity contribution in [1.29, 1.82) is 0 Å². The molecule has 0 fully saturated rings. The largest absolute Gasteiger partial charge is 0.494 e. The summed E-state index contributed by atoms with van der Waals surface area (Å²) >= 11 is 1.68. The van der Waals surface area contributed by atoms with E-state index >= 15 is 0 Å². The van der Waals surface area contributed by atoms with Crippen LogP contribution in [-0.4, -0.2) is 43.0 Å². The Morgan fingerprint density at radius 1 is 1.13 bits per heavy atom. The van der Waals surface area contributed by atoms with Crippen molar-refractivity contribution in [2.24, 2.45) is 0 Å². The SMILES string of the molecule is CCOc1ccc(CN(C)CC(=O)N(C)Cc2cccs2)cc1. The van der Waals surface area contributed by atoms with Crippen LogP contribution in [0, 0.1) is 0 Å². The van der Waals surface area contributed by atoms with E-state index < -0.39 is 0 Å². The van der Waals surface area contributed by atoms with Crippen LogP contribution in [0.5, 0.6) is 5.75 Å². The van der Waals surface area contributed by atoms with Gasteiger partial charge in [0.2, 0.25) is 5.91 Å². The quantitative estimate of drug-likeness (QED) is 0.744. The average Bonchev–Trinajstić information content (AvgIpc) is 3.02. The van der Waals surface area contributed by atoms with E-state index in [1.807, 2.05) is 61.6 Å². The van der Waals surface area contributed by atoms with Gasteiger partial charge in [0.1, 0.15) is 5.75 Å². The van der Waals surface area contributed by atoms with Crippen molar-refractivity contribution < 1.29 is 9.53 Å². The molecule has 0 saturated heterocycles. The summed E-state index contributed by atoms with van der Waals surface area (Å²) in [5.41, 5.74) is 1.17. The second-order valence-corrected chi connectivity index (χ2v) is 6.61. The number of hydrogen-bond acceptors (Lipinski definition) is 4. The van der Waals surface area contributed by atoms with Crippen LogP contribution in [0.25, 0.3) is 0 Å². The van der Waals surface area contributed by atoms with Gasteiger partial charge >= 0.3 is 0 Å². The Kier molecular flexibility index (Phi) is 6.62. The molecule has 0 spiro atoms. The minimum Gasteiger partial charge on any atom is -0.494 e. The zero-order chi connectivity index (χ0) is 16.7. The molecule has 0 aliphatic heterocycles. The van der Waals surface area contributed by atoms with Crippen molar-refractivity contribution in [3.63, 3.8) is 0 Å². The third kappa shape index (κ3) is 5.69. The first-order valence-corrected chi connectivity index (χ1v) is 8.63. The Morgan fingerprint density at radius 3 is 2.48 bits per heavy atom. The minimum atomic E-state index is 0.131. The van der Waals surface area contributed by atoms with E-state index in [1.54, 1.807) is 16.2 Å². The fraction of sp³-hybridized carbons (Fsp3) is 0.389. The standard InChI is InChI=1S/C18H24N2O2S/c1-4-22-16-9-7-15(8-10-16)12-19(2)14-18(21)20(3)13-17-6-5-11-23-17/h5-11H,4,12-14H2,1-3H3. The first-order chi connectivity index (χ1) is 11.1. The van der Waals surface area contributed by atoms with Gasteiger partial charge in [0.05, 0.1) is 19.7 Å². The topological polar surface area (TPSA) is 32.8 Å². The Bertz CT molecular complexity index is 596. The molecule has 1 aromatic heterocycles. The van der Waals surface area contributed by atoms with E-state index in [0.29, 0.717) is 19.7 Å². The number of carbonyl (C=O) groups excluding carboxylic acids is 1. The van der Waals surface area contributed by atoms with E-state index in [0.717, 1.165) is 12.3 Å². The molecule has 5 heteroatoms. The molecule has 1 heterocycles. The molecule has 1 aromatic carbocycles. The first kappa shape index (κ1) is 17.5. The lowest BCUT2D eigenvalue weighted by Crippen LogP contribution is -2.35. The minimum absolute atomic E-state index is 0.131. The molecular weight excluding hydrogens is 308 g/mol. The molecule has 0 bridgehead atoms. The summed E-state index contributed by atoms with van der Waals surface area (Å²) < 4.78 is 5.44. The molecule has 0 N–H and O–H groups in total. The third-order valence-electron chi connectivity index (χ3n) is 3.49. The molecule has 0 atom stereocenters. The Hall–Kier alpha value is -1.85. The molecule has 23 heavy (non-hydrogen) atoms. The number of benzene rings is 1. The number of carbonyl (C=O) groups is 1. The van der Waals surface area contributed by atoms with E-state index in [2.05, 4.69) is 6.07 Å². The van der Waals surface area contributed by atoms with Crippen LogP contribution in [0.1, 0.15) is 17.4 Å². The number of ether oxygens (including phenoxy) is 1. The number of thiophene rings is 1. The predicted octanol–water partition coefficient (Wildman–Crippen LogP) is 3.24. The van der Waals surface area contributed by atoms with E-state index in [1.165, 1.54) is 10.4 Å². The molecular formula is C18H24N2O2S. The lowest BCUT2D eigenvalue weighted by molar-refractivity contribution is -0.131. The van der Waals surface area contributed by atoms with Crippen molar-refractivity contribution in [1.82, 2.24) is 9.80 Å². The molecule has 0 unspecified atom stereocenters. The van der Waals surface area contributed by atoms with Gasteiger partial charge in [-0.3, -0.25) is 9.69 Å². The fourth-order valence-electron chi connectivity index (χ4n) is 2.30. The summed E-state index contributed by atoms with van der Waals surface area (Å²) in [6, 6.07) is 12.1. The van der Waals surface area contributed by atoms with Gasteiger partial charge in [-0.2, -0.15) is 0 Å². The number of amides is 1. The van der Waals surface area contributed by atoms with Gasteiger partial charge in [0, 0.05) is 18.5 Å². The summed E-state index contributed by atoms with van der Waals surface area (Å²) in [6.45, 7) is 4.47. The van der Waals surface area contributed by atoms with Crippen molar-refractivity contribution in [2.45, 2.75) is 20.0 Å². The maximum Gasteiger partial charge on any atom is 0.236 e. The second-order valence-electron chi connectivity index (χ2n) is 5.58. The highest BCUT2D eigenvalue weighted by atomic mass is 32.1. The molecule has 0 aliphatic carbocycles. The smallest absolute Gasteiger partial charge is 0.236 e. The summed E-state index contributed by atoms with van der Waals surface area (Å²) in [5.74, 6) is 1.01. The highest BCUT2D eigenvalue weighted by Crippen LogP contribution is 2.14. The van der Waals surface area contributed by atoms with Crippen LogP contribution in [0.15, 0.2) is 41.8 Å². The molecule has 2 rings (SSSR count). The monoisotopic (exact) mass is 332 g/mol. The number of nitrogens with zero attached hydrogens (tertiary/aromatic N) is 2. The van der Waals surface area contributed by atoms with Gasteiger partial charge in [0.15, 0.2) is 0 Å². The van der Waals surface area contributed by atoms with Gasteiger partial charge < -0.3 is 9.64 Å². The van der Waals surface area contributed by atoms with Gasteiger partial charge in [-0.15, -0.1) is 11.3 Å². The van der Waals surface area contributed by atoms with Gasteiger partial charge in [-0.05, 0) is 43.1 Å². The van der Waals surface area contributed by atoms with E-state index in [9.17, 15) is 4.79 Å². The number of hydrogen-bond donors (Lipinski definition) is 0. The van der Waals surface area contributed by atoms with Gasteiger partial charge in [0.25, 0.3) is 0 Å². The number of rotatable bonds is 8. The van der Waals surface area contributed by atoms with Crippen LogP contribution in [0.4, 0.5) is 0 Å². The van der Waals surface area contributed by atoms with Gasteiger partial charge in [-0.25, -0.2) is 0 Å². The molecule has 0 radical (unpaired) electrons. The summed E-state index contributed by atoms with van der Waals surface area (Å²) in [6.07, 6.45) is 0. The van der Waals surface area contributed by atoms with Crippen molar-refractivity contribution in [2.75, 3.05) is 27.2 Å². The van der Waals surface area contributed by atoms with Crippen LogP contribution in [0.3, 0.4) is 0 Å².